The van der Waals surface area contributed by atoms with Crippen molar-refractivity contribution in [2.75, 3.05) is 29.5 Å². The van der Waals surface area contributed by atoms with Gasteiger partial charge >= 0.3 is 0 Å². The van der Waals surface area contributed by atoms with E-state index in [1.165, 1.54) is 15.3 Å². The quantitative estimate of drug-likeness (QED) is 0.464. The van der Waals surface area contributed by atoms with Crippen molar-refractivity contribution in [2.45, 2.75) is 44.0 Å². The minimum atomic E-state index is -3.91. The molecule has 1 aliphatic carbocycles. The molecule has 35 heavy (non-hydrogen) atoms. The highest BCUT2D eigenvalue weighted by Crippen LogP contribution is 2.40. The maximum atomic E-state index is 13.7. The van der Waals surface area contributed by atoms with E-state index in [2.05, 4.69) is 10.1 Å². The number of rotatable bonds is 8. The SMILES string of the molecule is CCN(c1ccc(OC)cc1)S(=O)(=O)c1cc2c(cc1C)N(Cc1noc(C3CC3)n1)C(=O)CO2. The Balaban J connectivity index is 1.47. The number of nitrogens with zero attached hydrogens (tertiary/aromatic N) is 4. The molecule has 0 bridgehead atoms. The first-order valence-corrected chi connectivity index (χ1v) is 12.8. The van der Waals surface area contributed by atoms with E-state index in [0.717, 1.165) is 12.8 Å². The molecule has 0 N–H and O–H groups in total. The van der Waals surface area contributed by atoms with Crippen molar-refractivity contribution in [3.05, 3.63) is 53.7 Å². The van der Waals surface area contributed by atoms with Gasteiger partial charge in [-0.1, -0.05) is 5.16 Å². The van der Waals surface area contributed by atoms with Gasteiger partial charge in [0.15, 0.2) is 12.4 Å². The van der Waals surface area contributed by atoms with Crippen LogP contribution in [0.5, 0.6) is 11.5 Å². The lowest BCUT2D eigenvalue weighted by molar-refractivity contribution is -0.121. The zero-order valence-corrected chi connectivity index (χ0v) is 20.5. The van der Waals surface area contributed by atoms with Gasteiger partial charge in [0, 0.05) is 18.5 Å². The molecule has 1 aromatic heterocycles. The maximum absolute atomic E-state index is 13.7. The van der Waals surface area contributed by atoms with Crippen LogP contribution < -0.4 is 18.7 Å². The predicted molar refractivity (Wildman–Crippen MR) is 127 cm³/mol. The number of hydrogen-bond acceptors (Lipinski definition) is 8. The number of carbonyl (C=O) groups excluding carboxylic acids is 1. The summed E-state index contributed by atoms with van der Waals surface area (Å²) in [5.41, 5.74) is 1.49. The zero-order chi connectivity index (χ0) is 24.7. The Morgan fingerprint density at radius 1 is 1.20 bits per heavy atom. The predicted octanol–water partition coefficient (Wildman–Crippen LogP) is 3.40. The molecule has 184 valence electrons. The molecule has 0 saturated heterocycles. The Labute approximate surface area is 203 Å². The molecular weight excluding hydrogens is 472 g/mol. The van der Waals surface area contributed by atoms with Crippen molar-refractivity contribution in [1.29, 1.82) is 0 Å². The van der Waals surface area contributed by atoms with Gasteiger partial charge in [-0.3, -0.25) is 14.0 Å². The normalized spacial score (nSPS) is 15.5. The summed E-state index contributed by atoms with van der Waals surface area (Å²) in [5.74, 6) is 1.99. The molecule has 2 aliphatic rings. The molecule has 1 amide bonds. The number of fused-ring (bicyclic) bond motifs is 1. The Hall–Kier alpha value is -3.60. The zero-order valence-electron chi connectivity index (χ0n) is 19.7. The Morgan fingerprint density at radius 3 is 2.60 bits per heavy atom. The van der Waals surface area contributed by atoms with E-state index in [1.54, 1.807) is 51.3 Å². The molecule has 5 rings (SSSR count). The molecule has 0 spiro atoms. The number of benzene rings is 2. The number of anilines is 2. The smallest absolute Gasteiger partial charge is 0.265 e. The van der Waals surface area contributed by atoms with Crippen LogP contribution in [0.1, 0.15) is 43.0 Å². The summed E-state index contributed by atoms with van der Waals surface area (Å²) < 4.78 is 44.8. The first-order chi connectivity index (χ1) is 16.8. The van der Waals surface area contributed by atoms with Crippen molar-refractivity contribution < 1.29 is 27.2 Å². The monoisotopic (exact) mass is 498 g/mol. The number of sulfonamides is 1. The van der Waals surface area contributed by atoms with Crippen molar-refractivity contribution in [3.63, 3.8) is 0 Å². The van der Waals surface area contributed by atoms with Gasteiger partial charge in [-0.15, -0.1) is 0 Å². The average molecular weight is 499 g/mol. The number of aromatic nitrogens is 2. The van der Waals surface area contributed by atoms with E-state index in [0.29, 0.717) is 46.1 Å². The topological polar surface area (TPSA) is 115 Å². The fraction of sp³-hybridized carbons (Fsp3) is 0.375. The van der Waals surface area contributed by atoms with Gasteiger partial charge in [0.1, 0.15) is 11.5 Å². The number of aryl methyl sites for hydroxylation is 1. The van der Waals surface area contributed by atoms with Crippen LogP contribution in [0.15, 0.2) is 45.8 Å². The summed E-state index contributed by atoms with van der Waals surface area (Å²) >= 11 is 0. The van der Waals surface area contributed by atoms with Crippen LogP contribution in [0, 0.1) is 6.92 Å². The van der Waals surface area contributed by atoms with Crippen LogP contribution in [0.4, 0.5) is 11.4 Å². The van der Waals surface area contributed by atoms with Gasteiger partial charge in [0.05, 0.1) is 29.9 Å². The highest BCUT2D eigenvalue weighted by Gasteiger charge is 2.34. The second kappa shape index (κ2) is 8.88. The van der Waals surface area contributed by atoms with Gasteiger partial charge in [0.25, 0.3) is 15.9 Å². The number of ether oxygens (including phenoxy) is 2. The van der Waals surface area contributed by atoms with Crippen LogP contribution in [0.3, 0.4) is 0 Å². The molecule has 0 atom stereocenters. The van der Waals surface area contributed by atoms with Crippen molar-refractivity contribution in [1.82, 2.24) is 10.1 Å². The van der Waals surface area contributed by atoms with Gasteiger partial charge in [-0.25, -0.2) is 8.42 Å². The first kappa shape index (κ1) is 23.2. The largest absolute Gasteiger partial charge is 0.497 e. The van der Waals surface area contributed by atoms with E-state index in [1.807, 2.05) is 0 Å². The van der Waals surface area contributed by atoms with E-state index in [9.17, 15) is 13.2 Å². The minimum absolute atomic E-state index is 0.110. The second-order valence-corrected chi connectivity index (χ2v) is 10.4. The Morgan fingerprint density at radius 2 is 1.94 bits per heavy atom. The van der Waals surface area contributed by atoms with Gasteiger partial charge in [0.2, 0.25) is 5.89 Å². The fourth-order valence-electron chi connectivity index (χ4n) is 4.11. The molecule has 1 fully saturated rings. The maximum Gasteiger partial charge on any atom is 0.265 e. The molecular formula is C24H26N4O6S. The molecule has 0 unspecified atom stereocenters. The summed E-state index contributed by atoms with van der Waals surface area (Å²) in [4.78, 5) is 18.7. The van der Waals surface area contributed by atoms with Crippen molar-refractivity contribution >= 4 is 27.3 Å². The van der Waals surface area contributed by atoms with E-state index in [-0.39, 0.29) is 30.5 Å². The molecule has 3 aromatic rings. The Kier molecular flexibility index (Phi) is 5.87. The molecule has 1 saturated carbocycles. The van der Waals surface area contributed by atoms with E-state index in [4.69, 9.17) is 14.0 Å². The van der Waals surface area contributed by atoms with Crippen LogP contribution in [0.25, 0.3) is 0 Å². The number of amides is 1. The third kappa shape index (κ3) is 4.31. The Bertz CT molecular complexity index is 1370. The lowest BCUT2D eigenvalue weighted by atomic mass is 10.1. The summed E-state index contributed by atoms with van der Waals surface area (Å²) in [7, 11) is -2.35. The van der Waals surface area contributed by atoms with E-state index >= 15 is 0 Å². The highest BCUT2D eigenvalue weighted by molar-refractivity contribution is 7.92. The lowest BCUT2D eigenvalue weighted by Crippen LogP contribution is -2.39. The number of carbonyl (C=O) groups is 1. The number of methoxy groups -OCH3 is 1. The van der Waals surface area contributed by atoms with Gasteiger partial charge in [-0.2, -0.15) is 4.98 Å². The molecule has 2 aromatic carbocycles. The summed E-state index contributed by atoms with van der Waals surface area (Å²) in [6.07, 6.45) is 2.06. The molecule has 10 nitrogen and oxygen atoms in total. The summed E-state index contributed by atoms with van der Waals surface area (Å²) in [6, 6.07) is 9.97. The standard InChI is InChI=1S/C24H26N4O6S/c1-4-28(17-7-9-18(32-3)10-8-17)35(30,31)21-12-20-19(11-15(21)2)27(23(29)14-33-20)13-22-25-24(34-26-22)16-5-6-16/h7-12,16H,4-6,13-14H2,1-3H3. The molecule has 11 heteroatoms. The fourth-order valence-corrected chi connectivity index (χ4v) is 5.81. The first-order valence-electron chi connectivity index (χ1n) is 11.4. The van der Waals surface area contributed by atoms with E-state index < -0.39 is 10.0 Å². The van der Waals surface area contributed by atoms with Crippen molar-refractivity contribution in [2.24, 2.45) is 0 Å². The lowest BCUT2D eigenvalue weighted by Gasteiger charge is -2.30. The third-order valence-electron chi connectivity index (χ3n) is 6.13. The van der Waals surface area contributed by atoms with Crippen LogP contribution >= 0.6 is 0 Å². The molecule has 0 radical (unpaired) electrons. The molecule has 2 heterocycles. The molecule has 1 aliphatic heterocycles. The van der Waals surface area contributed by atoms with Crippen molar-refractivity contribution in [3.8, 4) is 11.5 Å². The van der Waals surface area contributed by atoms with Crippen LogP contribution in [0.2, 0.25) is 0 Å². The van der Waals surface area contributed by atoms with Gasteiger partial charge < -0.3 is 14.0 Å². The van der Waals surface area contributed by atoms with Gasteiger partial charge in [-0.05, 0) is 62.6 Å². The third-order valence-corrected chi connectivity index (χ3v) is 8.17. The second-order valence-electron chi connectivity index (χ2n) is 8.54. The minimum Gasteiger partial charge on any atom is -0.497 e. The summed E-state index contributed by atoms with van der Waals surface area (Å²) in [6.45, 7) is 3.61. The highest BCUT2D eigenvalue weighted by atomic mass is 32.2. The average Bonchev–Trinajstić information content (AvgIpc) is 3.59. The van der Waals surface area contributed by atoms with Crippen LogP contribution in [-0.4, -0.2) is 44.7 Å². The van der Waals surface area contributed by atoms with Crippen LogP contribution in [-0.2, 0) is 21.4 Å². The summed E-state index contributed by atoms with van der Waals surface area (Å²) in [5, 5.41) is 4.01. The number of hydrogen-bond donors (Lipinski definition) is 0.